The Kier molecular flexibility index (Phi) is 3.55. The zero-order valence-electron chi connectivity index (χ0n) is 7.40. The molecule has 0 amide bonds. The van der Waals surface area contributed by atoms with Crippen molar-refractivity contribution in [2.45, 2.75) is 19.4 Å². The Balaban J connectivity index is 2.59. The standard InChI is InChI=1S/C11H15N/c1-2-3-9-11(12)10-7-5-4-6-8-10/h2-8,11H,9,12H2,1H3/b3-2+. The molecule has 64 valence electrons. The highest BCUT2D eigenvalue weighted by Gasteiger charge is 2.00. The summed E-state index contributed by atoms with van der Waals surface area (Å²) in [5, 5.41) is 0. The Bertz CT molecular complexity index is 238. The molecule has 0 saturated carbocycles. The number of allylic oxidation sites excluding steroid dienone is 1. The predicted molar refractivity (Wildman–Crippen MR) is 52.8 cm³/mol. The maximum atomic E-state index is 5.93. The molecular formula is C11H15N. The second kappa shape index (κ2) is 4.73. The maximum absolute atomic E-state index is 5.93. The Morgan fingerprint density at radius 3 is 2.58 bits per heavy atom. The maximum Gasteiger partial charge on any atom is 0.0329 e. The molecule has 0 aliphatic rings. The van der Waals surface area contributed by atoms with Crippen LogP contribution in [0.3, 0.4) is 0 Å². The van der Waals surface area contributed by atoms with Crippen LogP contribution in [-0.2, 0) is 0 Å². The van der Waals surface area contributed by atoms with E-state index in [1.807, 2.05) is 31.2 Å². The van der Waals surface area contributed by atoms with E-state index in [2.05, 4.69) is 18.2 Å². The second-order valence-corrected chi connectivity index (χ2v) is 2.82. The molecule has 1 heteroatoms. The van der Waals surface area contributed by atoms with Crippen molar-refractivity contribution >= 4 is 0 Å². The van der Waals surface area contributed by atoms with Crippen LogP contribution in [0.4, 0.5) is 0 Å². The van der Waals surface area contributed by atoms with Crippen molar-refractivity contribution in [1.29, 1.82) is 0 Å². The topological polar surface area (TPSA) is 26.0 Å². The minimum Gasteiger partial charge on any atom is -0.324 e. The molecule has 2 N–H and O–H groups in total. The Morgan fingerprint density at radius 1 is 1.33 bits per heavy atom. The molecule has 1 aromatic rings. The first-order valence-electron chi connectivity index (χ1n) is 4.26. The van der Waals surface area contributed by atoms with Crippen molar-refractivity contribution in [2.24, 2.45) is 5.73 Å². The molecule has 0 bridgehead atoms. The third kappa shape index (κ3) is 2.51. The first-order chi connectivity index (χ1) is 5.84. The van der Waals surface area contributed by atoms with Gasteiger partial charge in [-0.05, 0) is 18.9 Å². The minimum absolute atomic E-state index is 0.141. The van der Waals surface area contributed by atoms with Gasteiger partial charge in [0.1, 0.15) is 0 Å². The van der Waals surface area contributed by atoms with Crippen molar-refractivity contribution in [3.63, 3.8) is 0 Å². The smallest absolute Gasteiger partial charge is 0.0329 e. The zero-order chi connectivity index (χ0) is 8.81. The van der Waals surface area contributed by atoms with E-state index in [9.17, 15) is 0 Å². The molecule has 0 aliphatic carbocycles. The van der Waals surface area contributed by atoms with Crippen molar-refractivity contribution in [3.05, 3.63) is 48.0 Å². The van der Waals surface area contributed by atoms with Gasteiger partial charge in [0.05, 0.1) is 0 Å². The molecule has 0 fully saturated rings. The van der Waals surface area contributed by atoms with E-state index in [1.54, 1.807) is 0 Å². The van der Waals surface area contributed by atoms with Gasteiger partial charge in [0.25, 0.3) is 0 Å². The fourth-order valence-corrected chi connectivity index (χ4v) is 1.12. The lowest BCUT2D eigenvalue weighted by Gasteiger charge is -2.08. The molecule has 12 heavy (non-hydrogen) atoms. The van der Waals surface area contributed by atoms with Crippen molar-refractivity contribution < 1.29 is 0 Å². The van der Waals surface area contributed by atoms with E-state index < -0.39 is 0 Å². The summed E-state index contributed by atoms with van der Waals surface area (Å²) in [6.07, 6.45) is 5.04. The summed E-state index contributed by atoms with van der Waals surface area (Å²) in [5.41, 5.74) is 7.13. The van der Waals surface area contributed by atoms with Crippen molar-refractivity contribution in [3.8, 4) is 0 Å². The summed E-state index contributed by atoms with van der Waals surface area (Å²) < 4.78 is 0. The quantitative estimate of drug-likeness (QED) is 0.678. The van der Waals surface area contributed by atoms with Crippen LogP contribution in [-0.4, -0.2) is 0 Å². The Morgan fingerprint density at radius 2 is 2.00 bits per heavy atom. The lowest BCUT2D eigenvalue weighted by atomic mass is 10.1. The van der Waals surface area contributed by atoms with Gasteiger partial charge in [-0.3, -0.25) is 0 Å². The highest BCUT2D eigenvalue weighted by Crippen LogP contribution is 2.13. The molecule has 0 aromatic heterocycles. The van der Waals surface area contributed by atoms with Crippen LogP contribution in [0.25, 0.3) is 0 Å². The first kappa shape index (κ1) is 9.01. The van der Waals surface area contributed by atoms with Gasteiger partial charge in [-0.2, -0.15) is 0 Å². The molecule has 0 spiro atoms. The summed E-state index contributed by atoms with van der Waals surface area (Å²) in [4.78, 5) is 0. The van der Waals surface area contributed by atoms with Crippen LogP contribution >= 0.6 is 0 Å². The predicted octanol–water partition coefficient (Wildman–Crippen LogP) is 2.65. The van der Waals surface area contributed by atoms with Gasteiger partial charge in [0.15, 0.2) is 0 Å². The number of hydrogen-bond acceptors (Lipinski definition) is 1. The second-order valence-electron chi connectivity index (χ2n) is 2.82. The molecule has 1 rings (SSSR count). The van der Waals surface area contributed by atoms with Gasteiger partial charge in [0.2, 0.25) is 0 Å². The fraction of sp³-hybridized carbons (Fsp3) is 0.273. The van der Waals surface area contributed by atoms with Crippen LogP contribution in [0, 0.1) is 0 Å². The minimum atomic E-state index is 0.141. The third-order valence-corrected chi connectivity index (χ3v) is 1.85. The van der Waals surface area contributed by atoms with E-state index in [-0.39, 0.29) is 6.04 Å². The fourth-order valence-electron chi connectivity index (χ4n) is 1.12. The van der Waals surface area contributed by atoms with Crippen molar-refractivity contribution in [2.75, 3.05) is 0 Å². The molecule has 0 aliphatic heterocycles. The van der Waals surface area contributed by atoms with Gasteiger partial charge in [0, 0.05) is 6.04 Å². The zero-order valence-corrected chi connectivity index (χ0v) is 7.40. The number of rotatable bonds is 3. The summed E-state index contributed by atoms with van der Waals surface area (Å²) in [5.74, 6) is 0. The Hall–Kier alpha value is -1.08. The monoisotopic (exact) mass is 161 g/mol. The van der Waals surface area contributed by atoms with E-state index >= 15 is 0 Å². The summed E-state index contributed by atoms with van der Waals surface area (Å²) in [6.45, 7) is 2.01. The SMILES string of the molecule is C/C=C/CC(N)c1ccccc1. The van der Waals surface area contributed by atoms with Gasteiger partial charge in [-0.1, -0.05) is 42.5 Å². The van der Waals surface area contributed by atoms with E-state index in [0.29, 0.717) is 0 Å². The molecular weight excluding hydrogens is 146 g/mol. The first-order valence-corrected chi connectivity index (χ1v) is 4.26. The highest BCUT2D eigenvalue weighted by atomic mass is 14.6. The van der Waals surface area contributed by atoms with E-state index in [0.717, 1.165) is 6.42 Å². The number of hydrogen-bond donors (Lipinski definition) is 1. The highest BCUT2D eigenvalue weighted by molar-refractivity contribution is 5.18. The largest absolute Gasteiger partial charge is 0.324 e. The van der Waals surface area contributed by atoms with Crippen LogP contribution < -0.4 is 5.73 Å². The lowest BCUT2D eigenvalue weighted by Crippen LogP contribution is -2.08. The third-order valence-electron chi connectivity index (χ3n) is 1.85. The lowest BCUT2D eigenvalue weighted by molar-refractivity contribution is 0.740. The molecule has 0 heterocycles. The number of benzene rings is 1. The molecule has 1 nitrogen and oxygen atoms in total. The molecule has 0 radical (unpaired) electrons. The molecule has 1 unspecified atom stereocenters. The van der Waals surface area contributed by atoms with Crippen molar-refractivity contribution in [1.82, 2.24) is 0 Å². The van der Waals surface area contributed by atoms with Gasteiger partial charge < -0.3 is 5.73 Å². The average Bonchev–Trinajstić information content (AvgIpc) is 2.15. The van der Waals surface area contributed by atoms with Crippen LogP contribution in [0.5, 0.6) is 0 Å². The summed E-state index contributed by atoms with van der Waals surface area (Å²) in [7, 11) is 0. The van der Waals surface area contributed by atoms with E-state index in [1.165, 1.54) is 5.56 Å². The summed E-state index contributed by atoms with van der Waals surface area (Å²) in [6, 6.07) is 10.3. The molecule has 1 atom stereocenters. The summed E-state index contributed by atoms with van der Waals surface area (Å²) >= 11 is 0. The van der Waals surface area contributed by atoms with E-state index in [4.69, 9.17) is 5.73 Å². The van der Waals surface area contributed by atoms with Crippen LogP contribution in [0.15, 0.2) is 42.5 Å². The number of nitrogens with two attached hydrogens (primary N) is 1. The van der Waals surface area contributed by atoms with Crippen LogP contribution in [0.2, 0.25) is 0 Å². The molecule has 1 aromatic carbocycles. The molecule has 0 saturated heterocycles. The van der Waals surface area contributed by atoms with Gasteiger partial charge in [-0.15, -0.1) is 0 Å². The normalized spacial score (nSPS) is 13.5. The van der Waals surface area contributed by atoms with Crippen LogP contribution in [0.1, 0.15) is 24.9 Å². The average molecular weight is 161 g/mol. The Labute approximate surface area is 73.9 Å². The van der Waals surface area contributed by atoms with Gasteiger partial charge in [-0.25, -0.2) is 0 Å². The van der Waals surface area contributed by atoms with Gasteiger partial charge >= 0.3 is 0 Å².